The molecule has 0 saturated carbocycles. The second-order valence-electron chi connectivity index (χ2n) is 5.70. The molecule has 2 aliphatic heterocycles. The number of nitrogens with one attached hydrogen (secondary N) is 1. The van der Waals surface area contributed by atoms with E-state index in [1.54, 1.807) is 16.7 Å². The van der Waals surface area contributed by atoms with Gasteiger partial charge in [-0.15, -0.1) is 0 Å². The predicted octanol–water partition coefficient (Wildman–Crippen LogP) is 1.88. The van der Waals surface area contributed by atoms with Crippen molar-refractivity contribution in [1.82, 2.24) is 5.32 Å². The molecule has 3 rings (SSSR count). The Labute approximate surface area is 134 Å². The van der Waals surface area contributed by atoms with Gasteiger partial charge in [0.25, 0.3) is 0 Å². The van der Waals surface area contributed by atoms with Crippen molar-refractivity contribution in [3.05, 3.63) is 29.3 Å². The van der Waals surface area contributed by atoms with Gasteiger partial charge in [-0.05, 0) is 37.1 Å². The zero-order valence-corrected chi connectivity index (χ0v) is 13.6. The zero-order valence-electron chi connectivity index (χ0n) is 12.8. The molecular weight excluding hydrogens is 298 g/mol. The van der Waals surface area contributed by atoms with E-state index in [2.05, 4.69) is 10.3 Å². The van der Waals surface area contributed by atoms with Gasteiger partial charge in [-0.2, -0.15) is 0 Å². The number of carbonyl (C=O) groups excluding carboxylic acids is 2. The van der Waals surface area contributed by atoms with Crippen molar-refractivity contribution in [1.29, 1.82) is 0 Å². The topological polar surface area (TPSA) is 61.8 Å². The molecule has 6 heteroatoms. The monoisotopic (exact) mass is 317 g/mol. The van der Waals surface area contributed by atoms with Crippen molar-refractivity contribution in [2.45, 2.75) is 20.3 Å². The average molecular weight is 317 g/mol. The van der Waals surface area contributed by atoms with E-state index in [1.165, 1.54) is 5.56 Å². The predicted molar refractivity (Wildman–Crippen MR) is 89.3 cm³/mol. The fraction of sp³-hybridized carbons (Fsp3) is 0.438. The van der Waals surface area contributed by atoms with Gasteiger partial charge in [-0.3, -0.25) is 14.6 Å². The summed E-state index contributed by atoms with van der Waals surface area (Å²) in [7, 11) is 0. The van der Waals surface area contributed by atoms with Crippen molar-refractivity contribution in [3.63, 3.8) is 0 Å². The van der Waals surface area contributed by atoms with Gasteiger partial charge in [-0.1, -0.05) is 17.8 Å². The smallest absolute Gasteiger partial charge is 0.231 e. The van der Waals surface area contributed by atoms with Gasteiger partial charge in [0.05, 0.1) is 12.5 Å². The minimum absolute atomic E-state index is 0.00409. The summed E-state index contributed by atoms with van der Waals surface area (Å²) in [5.74, 6) is 0.504. The number of hydrogen-bond acceptors (Lipinski definition) is 4. The number of nitrogens with zero attached hydrogens (tertiary/aromatic N) is 2. The average Bonchev–Trinajstić information content (AvgIpc) is 3.11. The van der Waals surface area contributed by atoms with Gasteiger partial charge >= 0.3 is 0 Å². The van der Waals surface area contributed by atoms with Crippen LogP contribution in [0.15, 0.2) is 23.2 Å². The van der Waals surface area contributed by atoms with Gasteiger partial charge in [0, 0.05) is 24.4 Å². The Morgan fingerprint density at radius 2 is 2.18 bits per heavy atom. The van der Waals surface area contributed by atoms with Gasteiger partial charge in [0.2, 0.25) is 11.8 Å². The summed E-state index contributed by atoms with van der Waals surface area (Å²) >= 11 is 1.55. The molecule has 5 nitrogen and oxygen atoms in total. The van der Waals surface area contributed by atoms with Crippen molar-refractivity contribution in [2.24, 2.45) is 10.9 Å². The number of amidine groups is 1. The fourth-order valence-electron chi connectivity index (χ4n) is 2.64. The summed E-state index contributed by atoms with van der Waals surface area (Å²) in [6, 6.07) is 5.96. The molecule has 1 saturated heterocycles. The lowest BCUT2D eigenvalue weighted by Crippen LogP contribution is -2.35. The fourth-order valence-corrected chi connectivity index (χ4v) is 3.38. The molecule has 2 amide bonds. The highest BCUT2D eigenvalue weighted by molar-refractivity contribution is 8.14. The number of carbonyl (C=O) groups is 2. The van der Waals surface area contributed by atoms with Crippen LogP contribution in [0.1, 0.15) is 17.5 Å². The number of anilines is 1. The molecule has 116 valence electrons. The highest BCUT2D eigenvalue weighted by Crippen LogP contribution is 2.27. The number of thioether (sulfide) groups is 1. The van der Waals surface area contributed by atoms with E-state index in [1.807, 2.05) is 32.0 Å². The maximum Gasteiger partial charge on any atom is 0.231 e. The zero-order chi connectivity index (χ0) is 15.7. The maximum absolute atomic E-state index is 12.3. The first-order valence-electron chi connectivity index (χ1n) is 7.40. The Balaban J connectivity index is 1.69. The van der Waals surface area contributed by atoms with Crippen molar-refractivity contribution >= 4 is 34.4 Å². The van der Waals surface area contributed by atoms with Crippen LogP contribution in [0.4, 0.5) is 5.69 Å². The number of amides is 2. The molecule has 0 bridgehead atoms. The molecule has 0 radical (unpaired) electrons. The van der Waals surface area contributed by atoms with Crippen LogP contribution >= 0.6 is 11.8 Å². The highest BCUT2D eigenvalue weighted by atomic mass is 32.2. The van der Waals surface area contributed by atoms with Crippen LogP contribution < -0.4 is 10.2 Å². The molecule has 1 aromatic rings. The molecule has 2 aliphatic rings. The molecule has 1 fully saturated rings. The SMILES string of the molecule is Cc1ccc(N2C[C@H](C(=O)NC3=NCCS3)CC2=O)cc1C. The molecule has 0 unspecified atom stereocenters. The molecule has 1 aromatic carbocycles. The first kappa shape index (κ1) is 15.1. The van der Waals surface area contributed by atoms with Crippen molar-refractivity contribution in [2.75, 3.05) is 23.7 Å². The maximum atomic E-state index is 12.3. The molecule has 1 atom stereocenters. The van der Waals surface area contributed by atoms with Gasteiger partial charge in [0.1, 0.15) is 0 Å². The van der Waals surface area contributed by atoms with Crippen LogP contribution in [-0.4, -0.2) is 35.8 Å². The molecule has 2 heterocycles. The van der Waals surface area contributed by atoms with Crippen molar-refractivity contribution in [3.8, 4) is 0 Å². The summed E-state index contributed by atoms with van der Waals surface area (Å²) in [5.41, 5.74) is 3.21. The minimum Gasteiger partial charge on any atom is -0.312 e. The van der Waals surface area contributed by atoms with E-state index in [-0.39, 0.29) is 24.2 Å². The lowest BCUT2D eigenvalue weighted by atomic mass is 10.1. The van der Waals surface area contributed by atoms with Crippen LogP contribution in [-0.2, 0) is 9.59 Å². The second-order valence-corrected chi connectivity index (χ2v) is 6.78. The highest BCUT2D eigenvalue weighted by Gasteiger charge is 2.35. The van der Waals surface area contributed by atoms with E-state index in [0.29, 0.717) is 11.7 Å². The third kappa shape index (κ3) is 3.02. The van der Waals surface area contributed by atoms with Gasteiger partial charge < -0.3 is 10.2 Å². The van der Waals surface area contributed by atoms with E-state index in [0.717, 1.165) is 23.5 Å². The normalized spacial score (nSPS) is 21.2. The number of benzene rings is 1. The lowest BCUT2D eigenvalue weighted by molar-refractivity contribution is -0.125. The number of rotatable bonds is 2. The first-order valence-corrected chi connectivity index (χ1v) is 8.39. The Hall–Kier alpha value is -1.82. The summed E-state index contributed by atoms with van der Waals surface area (Å²) in [5, 5.41) is 3.51. The summed E-state index contributed by atoms with van der Waals surface area (Å²) in [6.07, 6.45) is 0.261. The molecular formula is C16H19N3O2S. The Kier molecular flexibility index (Phi) is 4.20. The third-order valence-corrected chi connectivity index (χ3v) is 5.00. The third-order valence-electron chi connectivity index (χ3n) is 4.11. The van der Waals surface area contributed by atoms with E-state index in [9.17, 15) is 9.59 Å². The number of aryl methyl sites for hydroxylation is 2. The Bertz CT molecular complexity index is 657. The van der Waals surface area contributed by atoms with E-state index < -0.39 is 0 Å². The summed E-state index contributed by atoms with van der Waals surface area (Å²) in [6.45, 7) is 5.25. The van der Waals surface area contributed by atoms with Gasteiger partial charge in [0.15, 0.2) is 5.17 Å². The quantitative estimate of drug-likeness (QED) is 0.906. The van der Waals surface area contributed by atoms with Crippen LogP contribution in [0.3, 0.4) is 0 Å². The lowest BCUT2D eigenvalue weighted by Gasteiger charge is -2.18. The second kappa shape index (κ2) is 6.12. The first-order chi connectivity index (χ1) is 10.5. The number of hydrogen-bond donors (Lipinski definition) is 1. The Morgan fingerprint density at radius 3 is 2.86 bits per heavy atom. The van der Waals surface area contributed by atoms with Gasteiger partial charge in [-0.25, -0.2) is 0 Å². The van der Waals surface area contributed by atoms with E-state index >= 15 is 0 Å². The molecule has 0 aliphatic carbocycles. The minimum atomic E-state index is -0.307. The van der Waals surface area contributed by atoms with Crippen molar-refractivity contribution < 1.29 is 9.59 Å². The molecule has 0 aromatic heterocycles. The van der Waals surface area contributed by atoms with Crippen LogP contribution in [0.25, 0.3) is 0 Å². The summed E-state index contributed by atoms with van der Waals surface area (Å²) in [4.78, 5) is 30.4. The summed E-state index contributed by atoms with van der Waals surface area (Å²) < 4.78 is 0. The standard InChI is InChI=1S/C16H19N3O2S/c1-10-3-4-13(7-11(10)2)19-9-12(8-14(19)20)15(21)18-16-17-5-6-22-16/h3-4,7,12H,5-6,8-9H2,1-2H3,(H,17,18,21)/t12-/m1/s1. The van der Waals surface area contributed by atoms with E-state index in [4.69, 9.17) is 0 Å². The van der Waals surface area contributed by atoms with Crippen LogP contribution in [0.2, 0.25) is 0 Å². The molecule has 1 N–H and O–H groups in total. The van der Waals surface area contributed by atoms with Crippen LogP contribution in [0, 0.1) is 19.8 Å². The number of aliphatic imine (C=N–C) groups is 1. The van der Waals surface area contributed by atoms with Crippen LogP contribution in [0.5, 0.6) is 0 Å². The largest absolute Gasteiger partial charge is 0.312 e. The molecule has 0 spiro atoms. The Morgan fingerprint density at radius 1 is 1.36 bits per heavy atom. The molecule has 22 heavy (non-hydrogen) atoms.